The molecule has 1 unspecified atom stereocenters. The molecule has 0 aliphatic carbocycles. The Morgan fingerprint density at radius 3 is 2.72 bits per heavy atom. The van der Waals surface area contributed by atoms with E-state index in [9.17, 15) is 18.0 Å². The topological polar surface area (TPSA) is 77.0 Å². The van der Waals surface area contributed by atoms with Gasteiger partial charge in [0.05, 0.1) is 0 Å². The van der Waals surface area contributed by atoms with Crippen molar-refractivity contribution in [3.8, 4) is 11.4 Å². The highest BCUT2D eigenvalue weighted by atomic mass is 19.4. The normalized spacial score (nSPS) is 17.5. The Balaban J connectivity index is 1.48. The zero-order valence-electron chi connectivity index (χ0n) is 15.6. The maximum absolute atomic E-state index is 12.7. The number of piperidine rings is 1. The summed E-state index contributed by atoms with van der Waals surface area (Å²) in [6.07, 6.45) is 0.304. The number of hydrogen-bond donors (Lipinski definition) is 0. The highest BCUT2D eigenvalue weighted by Gasteiger charge is 2.38. The highest BCUT2D eigenvalue weighted by molar-refractivity contribution is 5.92. The molecule has 1 aliphatic heterocycles. The molecule has 3 aromatic rings. The van der Waals surface area contributed by atoms with Crippen molar-refractivity contribution >= 4 is 5.91 Å². The van der Waals surface area contributed by atoms with Gasteiger partial charge < -0.3 is 14.0 Å². The van der Waals surface area contributed by atoms with E-state index in [0.717, 1.165) is 18.5 Å². The Bertz CT molecular complexity index is 1010. The van der Waals surface area contributed by atoms with Crippen molar-refractivity contribution in [3.05, 3.63) is 53.9 Å². The van der Waals surface area contributed by atoms with E-state index in [1.165, 1.54) is 6.20 Å². The molecule has 152 valence electrons. The number of hydrogen-bond acceptors (Lipinski definition) is 5. The Morgan fingerprint density at radius 1 is 1.28 bits per heavy atom. The number of amides is 1. The van der Waals surface area contributed by atoms with Crippen LogP contribution in [0.3, 0.4) is 0 Å². The molecule has 0 saturated carbocycles. The molecule has 0 N–H and O–H groups in total. The van der Waals surface area contributed by atoms with Crippen molar-refractivity contribution in [3.63, 3.8) is 0 Å². The number of aryl methyl sites for hydroxylation is 1. The largest absolute Gasteiger partial charge is 0.471 e. The third kappa shape index (κ3) is 3.87. The van der Waals surface area contributed by atoms with E-state index in [4.69, 9.17) is 0 Å². The number of carbonyl (C=O) groups is 1. The van der Waals surface area contributed by atoms with Gasteiger partial charge in [-0.3, -0.25) is 9.78 Å². The molecule has 1 atom stereocenters. The van der Waals surface area contributed by atoms with Crippen molar-refractivity contribution < 1.29 is 22.5 Å². The first-order valence-electron chi connectivity index (χ1n) is 9.11. The standard InChI is InChI=1S/C19H18F3N5O2/c1-26-8-3-5-15(26)17(28)27-9-2-4-13(11-27)14-7-6-12(10-23-14)16-24-18(29-25-16)19(20,21)22/h3,5-8,10,13H,2,4,9,11H2,1H3. The van der Waals surface area contributed by atoms with Crippen LogP contribution in [0.2, 0.25) is 0 Å². The summed E-state index contributed by atoms with van der Waals surface area (Å²) < 4.78 is 43.9. The van der Waals surface area contributed by atoms with E-state index in [-0.39, 0.29) is 17.6 Å². The third-order valence-corrected chi connectivity index (χ3v) is 5.00. The van der Waals surface area contributed by atoms with Gasteiger partial charge in [0.1, 0.15) is 5.69 Å². The minimum absolute atomic E-state index is 0.0229. The fourth-order valence-corrected chi connectivity index (χ4v) is 3.48. The summed E-state index contributed by atoms with van der Waals surface area (Å²) in [5.74, 6) is -1.53. The molecular weight excluding hydrogens is 387 g/mol. The lowest BCUT2D eigenvalue weighted by atomic mass is 9.93. The van der Waals surface area contributed by atoms with Crippen molar-refractivity contribution in [2.45, 2.75) is 24.9 Å². The van der Waals surface area contributed by atoms with Crippen molar-refractivity contribution in [1.82, 2.24) is 24.6 Å². The van der Waals surface area contributed by atoms with Crippen LogP contribution >= 0.6 is 0 Å². The van der Waals surface area contributed by atoms with Crippen molar-refractivity contribution in [2.24, 2.45) is 7.05 Å². The highest BCUT2D eigenvalue weighted by Crippen LogP contribution is 2.30. The fourth-order valence-electron chi connectivity index (χ4n) is 3.48. The molecule has 7 nitrogen and oxygen atoms in total. The van der Waals surface area contributed by atoms with Gasteiger partial charge in [0.25, 0.3) is 5.91 Å². The second-order valence-corrected chi connectivity index (χ2v) is 6.99. The lowest BCUT2D eigenvalue weighted by Crippen LogP contribution is -2.40. The van der Waals surface area contributed by atoms with Crippen LogP contribution in [0.25, 0.3) is 11.4 Å². The van der Waals surface area contributed by atoms with E-state index < -0.39 is 12.1 Å². The smallest absolute Gasteiger partial charge is 0.347 e. The number of halogens is 3. The fraction of sp³-hybridized carbons (Fsp3) is 0.368. The van der Waals surface area contributed by atoms with Gasteiger partial charge in [0.2, 0.25) is 5.82 Å². The van der Waals surface area contributed by atoms with Gasteiger partial charge in [-0.2, -0.15) is 18.2 Å². The van der Waals surface area contributed by atoms with Gasteiger partial charge >= 0.3 is 12.1 Å². The second-order valence-electron chi connectivity index (χ2n) is 6.99. The molecule has 0 bridgehead atoms. The summed E-state index contributed by atoms with van der Waals surface area (Å²) >= 11 is 0. The molecule has 4 rings (SSSR count). The zero-order chi connectivity index (χ0) is 20.6. The van der Waals surface area contributed by atoms with E-state index >= 15 is 0 Å². The number of alkyl halides is 3. The molecule has 10 heteroatoms. The molecule has 0 spiro atoms. The Kier molecular flexibility index (Phi) is 4.85. The van der Waals surface area contributed by atoms with Gasteiger partial charge in [-0.05, 0) is 37.1 Å². The number of carbonyl (C=O) groups excluding carboxylic acids is 1. The third-order valence-electron chi connectivity index (χ3n) is 5.00. The summed E-state index contributed by atoms with van der Waals surface area (Å²) in [6.45, 7) is 1.22. The van der Waals surface area contributed by atoms with Crippen LogP contribution in [0.4, 0.5) is 13.2 Å². The van der Waals surface area contributed by atoms with Crippen LogP contribution in [0.5, 0.6) is 0 Å². The predicted molar refractivity (Wildman–Crippen MR) is 95.8 cm³/mol. The minimum atomic E-state index is -4.69. The average molecular weight is 405 g/mol. The zero-order valence-corrected chi connectivity index (χ0v) is 15.6. The van der Waals surface area contributed by atoms with Crippen LogP contribution < -0.4 is 0 Å². The SMILES string of the molecule is Cn1cccc1C(=O)N1CCCC(c2ccc(-c3noc(C(F)(F)F)n3)cn2)C1. The summed E-state index contributed by atoms with van der Waals surface area (Å²) in [7, 11) is 1.83. The lowest BCUT2D eigenvalue weighted by molar-refractivity contribution is -0.159. The molecule has 0 aromatic carbocycles. The van der Waals surface area contributed by atoms with E-state index in [1.807, 2.05) is 24.2 Å². The van der Waals surface area contributed by atoms with Gasteiger partial charge in [-0.15, -0.1) is 0 Å². The molecule has 29 heavy (non-hydrogen) atoms. The molecule has 1 aliphatic rings. The van der Waals surface area contributed by atoms with Crippen molar-refractivity contribution in [1.29, 1.82) is 0 Å². The Labute approximate surface area is 164 Å². The van der Waals surface area contributed by atoms with Gasteiger partial charge in [-0.1, -0.05) is 5.16 Å². The molecule has 1 amide bonds. The predicted octanol–water partition coefficient (Wildman–Crippen LogP) is 3.51. The number of nitrogens with zero attached hydrogens (tertiary/aromatic N) is 5. The van der Waals surface area contributed by atoms with Crippen LogP contribution in [0, 0.1) is 0 Å². The molecule has 0 radical (unpaired) electrons. The Hall–Kier alpha value is -3.17. The van der Waals surface area contributed by atoms with E-state index in [1.54, 1.807) is 22.8 Å². The number of likely N-dealkylation sites (tertiary alicyclic amines) is 1. The quantitative estimate of drug-likeness (QED) is 0.667. The van der Waals surface area contributed by atoms with E-state index in [2.05, 4.69) is 19.6 Å². The summed E-state index contributed by atoms with van der Waals surface area (Å²) in [4.78, 5) is 22.3. The van der Waals surface area contributed by atoms with E-state index in [0.29, 0.717) is 24.3 Å². The molecule has 4 heterocycles. The molecule has 1 saturated heterocycles. The first-order chi connectivity index (χ1) is 13.8. The van der Waals surface area contributed by atoms with Crippen LogP contribution in [0.1, 0.15) is 40.8 Å². The minimum Gasteiger partial charge on any atom is -0.347 e. The summed E-state index contributed by atoms with van der Waals surface area (Å²) in [6, 6.07) is 6.97. The van der Waals surface area contributed by atoms with Crippen molar-refractivity contribution in [2.75, 3.05) is 13.1 Å². The summed E-state index contributed by atoms with van der Waals surface area (Å²) in [5.41, 5.74) is 1.74. The average Bonchev–Trinajstić information content (AvgIpc) is 3.37. The lowest BCUT2D eigenvalue weighted by Gasteiger charge is -2.32. The second kappa shape index (κ2) is 7.34. The summed E-state index contributed by atoms with van der Waals surface area (Å²) in [5, 5.41) is 3.37. The monoisotopic (exact) mass is 405 g/mol. The Morgan fingerprint density at radius 2 is 2.10 bits per heavy atom. The van der Waals surface area contributed by atoms with Crippen LogP contribution in [-0.4, -0.2) is 43.6 Å². The number of pyridine rings is 1. The molecular formula is C19H18F3N5O2. The van der Waals surface area contributed by atoms with Gasteiger partial charge in [0, 0.05) is 49.7 Å². The van der Waals surface area contributed by atoms with Crippen LogP contribution in [-0.2, 0) is 13.2 Å². The number of rotatable bonds is 3. The maximum atomic E-state index is 12.7. The maximum Gasteiger partial charge on any atom is 0.471 e. The first kappa shape index (κ1) is 19.2. The molecule has 1 fully saturated rings. The van der Waals surface area contributed by atoms with Gasteiger partial charge in [-0.25, -0.2) is 0 Å². The van der Waals surface area contributed by atoms with Gasteiger partial charge in [0.15, 0.2) is 0 Å². The first-order valence-corrected chi connectivity index (χ1v) is 9.11. The molecule has 3 aromatic heterocycles. The number of aromatic nitrogens is 4. The van der Waals surface area contributed by atoms with Crippen LogP contribution in [0.15, 0.2) is 41.2 Å².